The molecule has 112 valence electrons. The number of rotatable bonds is 4. The number of benzene rings is 1. The molecule has 0 saturated heterocycles. The molecule has 1 aromatic carbocycles. The van der Waals surface area contributed by atoms with Gasteiger partial charge >= 0.3 is 6.01 Å². The van der Waals surface area contributed by atoms with E-state index in [1.165, 1.54) is 19.4 Å². The van der Waals surface area contributed by atoms with Crippen LogP contribution in [0.5, 0.6) is 5.75 Å². The smallest absolute Gasteiger partial charge is 0.313 e. The van der Waals surface area contributed by atoms with Crippen LogP contribution >= 0.6 is 0 Å². The Bertz CT molecular complexity index is 805. The van der Waals surface area contributed by atoms with Crippen LogP contribution in [0.3, 0.4) is 0 Å². The van der Waals surface area contributed by atoms with Gasteiger partial charge in [0, 0.05) is 12.3 Å². The third-order valence-corrected chi connectivity index (χ3v) is 2.94. The van der Waals surface area contributed by atoms with Crippen molar-refractivity contribution in [1.29, 1.82) is 0 Å². The molecule has 0 atom stereocenters. The van der Waals surface area contributed by atoms with Crippen molar-refractivity contribution >= 4 is 17.4 Å². The summed E-state index contributed by atoms with van der Waals surface area (Å²) in [5, 5.41) is 10.4. The zero-order chi connectivity index (χ0) is 15.5. The summed E-state index contributed by atoms with van der Waals surface area (Å²) in [5.41, 5.74) is 6.76. The van der Waals surface area contributed by atoms with Crippen molar-refractivity contribution in [2.45, 2.75) is 0 Å². The number of nitrogens with zero attached hydrogens (tertiary/aromatic N) is 3. The molecule has 3 N–H and O–H groups in total. The van der Waals surface area contributed by atoms with Crippen molar-refractivity contribution in [2.75, 3.05) is 18.2 Å². The van der Waals surface area contributed by atoms with Crippen LogP contribution < -0.4 is 15.8 Å². The van der Waals surface area contributed by atoms with Gasteiger partial charge in [0.25, 0.3) is 5.89 Å². The lowest BCUT2D eigenvalue weighted by Gasteiger charge is -2.10. The molecule has 3 aromatic rings. The molecular weight excluding hydrogens is 289 g/mol. The maximum Gasteiger partial charge on any atom is 0.313 e. The molecule has 0 amide bonds. The topological polar surface area (TPSA) is 99.1 Å². The monoisotopic (exact) mass is 301 g/mol. The first kappa shape index (κ1) is 13.8. The highest BCUT2D eigenvalue weighted by atomic mass is 19.1. The van der Waals surface area contributed by atoms with E-state index < -0.39 is 5.82 Å². The van der Waals surface area contributed by atoms with Gasteiger partial charge in [-0.25, -0.2) is 4.39 Å². The number of nitrogen functional groups attached to an aromatic ring is 1. The van der Waals surface area contributed by atoms with Crippen LogP contribution in [-0.2, 0) is 0 Å². The van der Waals surface area contributed by atoms with Crippen LogP contribution in [0, 0.1) is 5.82 Å². The van der Waals surface area contributed by atoms with Crippen molar-refractivity contribution in [3.8, 4) is 17.2 Å². The van der Waals surface area contributed by atoms with E-state index in [1.54, 1.807) is 24.4 Å². The van der Waals surface area contributed by atoms with Gasteiger partial charge in [-0.05, 0) is 18.2 Å². The maximum absolute atomic E-state index is 14.0. The van der Waals surface area contributed by atoms with E-state index >= 15 is 0 Å². The summed E-state index contributed by atoms with van der Waals surface area (Å²) in [7, 11) is 1.47. The second-order valence-electron chi connectivity index (χ2n) is 4.34. The fourth-order valence-corrected chi connectivity index (χ4v) is 1.89. The number of ether oxygens (including phenoxy) is 1. The second-order valence-corrected chi connectivity index (χ2v) is 4.34. The average Bonchev–Trinajstić information content (AvgIpc) is 2.96. The second kappa shape index (κ2) is 5.68. The predicted molar refractivity (Wildman–Crippen MR) is 78.2 cm³/mol. The molecule has 7 nitrogen and oxygen atoms in total. The molecule has 0 unspecified atom stereocenters. The fourth-order valence-electron chi connectivity index (χ4n) is 1.89. The van der Waals surface area contributed by atoms with Gasteiger partial charge in [-0.15, -0.1) is 5.10 Å². The summed E-state index contributed by atoms with van der Waals surface area (Å²) in [6.45, 7) is 0. The summed E-state index contributed by atoms with van der Waals surface area (Å²) >= 11 is 0. The summed E-state index contributed by atoms with van der Waals surface area (Å²) in [6.07, 6.45) is 3.09. The Balaban J connectivity index is 1.96. The van der Waals surface area contributed by atoms with Crippen molar-refractivity contribution in [3.63, 3.8) is 0 Å². The quantitative estimate of drug-likeness (QED) is 0.764. The van der Waals surface area contributed by atoms with Crippen LogP contribution in [0.25, 0.3) is 11.5 Å². The highest BCUT2D eigenvalue weighted by Crippen LogP contribution is 2.30. The van der Waals surface area contributed by atoms with Gasteiger partial charge in [0.1, 0.15) is 11.6 Å². The van der Waals surface area contributed by atoms with Crippen LogP contribution in [0.1, 0.15) is 0 Å². The number of halogens is 1. The first-order valence-corrected chi connectivity index (χ1v) is 6.31. The molecule has 0 spiro atoms. The Hall–Kier alpha value is -3.16. The molecule has 0 aliphatic carbocycles. The number of pyridine rings is 1. The molecule has 0 radical (unpaired) electrons. The number of anilines is 3. The van der Waals surface area contributed by atoms with E-state index in [4.69, 9.17) is 14.9 Å². The maximum atomic E-state index is 14.0. The fraction of sp³-hybridized carbons (Fsp3) is 0.0714. The molecule has 0 fully saturated rings. The van der Waals surface area contributed by atoms with E-state index in [2.05, 4.69) is 20.5 Å². The Morgan fingerprint density at radius 1 is 1.23 bits per heavy atom. The summed E-state index contributed by atoms with van der Waals surface area (Å²) in [5.74, 6) is 0.189. The summed E-state index contributed by atoms with van der Waals surface area (Å²) in [6, 6.07) is 6.10. The van der Waals surface area contributed by atoms with Gasteiger partial charge in [0.05, 0.1) is 30.2 Å². The minimum absolute atomic E-state index is 0.0478. The molecule has 0 bridgehead atoms. The highest BCUT2D eigenvalue weighted by Gasteiger charge is 2.13. The molecule has 0 aliphatic heterocycles. The average molecular weight is 301 g/mol. The number of nitrogens with two attached hydrogens (primary N) is 1. The number of nitrogens with one attached hydrogen (secondary N) is 1. The third kappa shape index (κ3) is 2.66. The third-order valence-electron chi connectivity index (χ3n) is 2.94. The van der Waals surface area contributed by atoms with Crippen molar-refractivity contribution in [2.24, 2.45) is 0 Å². The molecule has 2 heterocycles. The van der Waals surface area contributed by atoms with Crippen LogP contribution in [-0.4, -0.2) is 22.3 Å². The molecule has 2 aromatic heterocycles. The van der Waals surface area contributed by atoms with Crippen LogP contribution in [0.15, 0.2) is 41.1 Å². The Kier molecular flexibility index (Phi) is 3.57. The minimum Gasteiger partial charge on any atom is -0.497 e. The number of aromatic nitrogens is 3. The number of hydrogen-bond acceptors (Lipinski definition) is 7. The molecule has 0 aliphatic rings. The Morgan fingerprint density at radius 3 is 2.77 bits per heavy atom. The summed E-state index contributed by atoms with van der Waals surface area (Å²) < 4.78 is 24.2. The highest BCUT2D eigenvalue weighted by molar-refractivity contribution is 5.76. The zero-order valence-corrected chi connectivity index (χ0v) is 11.6. The Labute approximate surface area is 125 Å². The van der Waals surface area contributed by atoms with Gasteiger partial charge in [0.2, 0.25) is 0 Å². The standard InChI is InChI=1S/C14H12FN5O2/c1-21-8-2-3-11(10(15)6-8)18-12-7-17-5-4-9(12)13-19-20-14(16)22-13/h2-7,18H,1H3,(H2,16,20). The van der Waals surface area contributed by atoms with Gasteiger partial charge in [0.15, 0.2) is 0 Å². The van der Waals surface area contributed by atoms with Crippen molar-refractivity contribution in [3.05, 3.63) is 42.5 Å². The molecule has 22 heavy (non-hydrogen) atoms. The largest absolute Gasteiger partial charge is 0.497 e. The summed E-state index contributed by atoms with van der Waals surface area (Å²) in [4.78, 5) is 4.01. The van der Waals surface area contributed by atoms with Crippen molar-refractivity contribution in [1.82, 2.24) is 15.2 Å². The normalized spacial score (nSPS) is 10.5. The van der Waals surface area contributed by atoms with Gasteiger partial charge < -0.3 is 20.2 Å². The first-order valence-electron chi connectivity index (χ1n) is 6.31. The van der Waals surface area contributed by atoms with Gasteiger partial charge in [-0.3, -0.25) is 4.98 Å². The van der Waals surface area contributed by atoms with Gasteiger partial charge in [-0.2, -0.15) is 0 Å². The molecule has 3 rings (SSSR count). The molecule has 0 saturated carbocycles. The number of hydrogen-bond donors (Lipinski definition) is 2. The zero-order valence-electron chi connectivity index (χ0n) is 11.6. The Morgan fingerprint density at radius 2 is 2.09 bits per heavy atom. The van der Waals surface area contributed by atoms with Crippen LogP contribution in [0.2, 0.25) is 0 Å². The van der Waals surface area contributed by atoms with E-state index in [0.29, 0.717) is 17.0 Å². The lowest BCUT2D eigenvalue weighted by molar-refractivity contribution is 0.411. The number of methoxy groups -OCH3 is 1. The van der Waals surface area contributed by atoms with E-state index in [1.807, 2.05) is 0 Å². The SMILES string of the molecule is COc1ccc(Nc2cnccc2-c2nnc(N)o2)c(F)c1. The predicted octanol–water partition coefficient (Wildman–Crippen LogP) is 2.61. The van der Waals surface area contributed by atoms with E-state index in [-0.39, 0.29) is 17.6 Å². The lowest BCUT2D eigenvalue weighted by atomic mass is 10.2. The van der Waals surface area contributed by atoms with Crippen LogP contribution in [0.4, 0.5) is 21.8 Å². The molecular formula is C14H12FN5O2. The first-order chi connectivity index (χ1) is 10.7. The minimum atomic E-state index is -0.459. The van der Waals surface area contributed by atoms with E-state index in [9.17, 15) is 4.39 Å². The van der Waals surface area contributed by atoms with Crippen molar-refractivity contribution < 1.29 is 13.5 Å². The lowest BCUT2D eigenvalue weighted by Crippen LogP contribution is -1.97. The van der Waals surface area contributed by atoms with Gasteiger partial charge in [-0.1, -0.05) is 5.10 Å². The molecule has 8 heteroatoms. The van der Waals surface area contributed by atoms with E-state index in [0.717, 1.165) is 0 Å².